The summed E-state index contributed by atoms with van der Waals surface area (Å²) < 4.78 is 18.2. The van der Waals surface area contributed by atoms with Crippen molar-refractivity contribution in [3.8, 4) is 11.5 Å². The Bertz CT molecular complexity index is 986. The molecule has 1 aromatic rings. The maximum Gasteiger partial charge on any atom is 0.127 e. The van der Waals surface area contributed by atoms with E-state index in [1.165, 1.54) is 56.9 Å². The Morgan fingerprint density at radius 1 is 0.744 bits per heavy atom. The Kier molecular flexibility index (Phi) is 13.5. The van der Waals surface area contributed by atoms with Crippen LogP contribution in [0.1, 0.15) is 121 Å². The van der Waals surface area contributed by atoms with Crippen LogP contribution in [0.3, 0.4) is 0 Å². The first-order valence-corrected chi connectivity index (χ1v) is 17.8. The van der Waals surface area contributed by atoms with Crippen molar-refractivity contribution >= 4 is 0 Å². The first kappa shape index (κ1) is 34.5. The van der Waals surface area contributed by atoms with E-state index in [-0.39, 0.29) is 5.60 Å². The Balaban J connectivity index is 1.36. The predicted molar refractivity (Wildman–Crippen MR) is 177 cm³/mol. The van der Waals surface area contributed by atoms with Gasteiger partial charge in [-0.3, -0.25) is 9.80 Å². The number of phenols is 1. The van der Waals surface area contributed by atoms with Crippen LogP contribution in [-0.4, -0.2) is 73.1 Å². The van der Waals surface area contributed by atoms with E-state index < -0.39 is 0 Å². The molecule has 2 fully saturated rings. The van der Waals surface area contributed by atoms with Gasteiger partial charge in [-0.25, -0.2) is 0 Å². The summed E-state index contributed by atoms with van der Waals surface area (Å²) in [6, 6.07) is 0. The SMILES string of the molecule is Cc1c(CN2CCOCC2)c(O)c(CN2CCOCC2)c2c1OC(C)(CCCC(C)CCCC(C)CCCC(C)C)CC2. The second kappa shape index (κ2) is 16.8. The second-order valence-electron chi connectivity index (χ2n) is 14.9. The summed E-state index contributed by atoms with van der Waals surface area (Å²) in [5.74, 6) is 4.02. The van der Waals surface area contributed by atoms with Crippen LogP contribution in [0.4, 0.5) is 0 Å². The summed E-state index contributed by atoms with van der Waals surface area (Å²) in [4.78, 5) is 4.83. The van der Waals surface area contributed by atoms with Gasteiger partial charge in [-0.2, -0.15) is 0 Å². The highest BCUT2D eigenvalue weighted by Gasteiger charge is 2.36. The summed E-state index contributed by atoms with van der Waals surface area (Å²) in [5.41, 5.74) is 4.35. The largest absolute Gasteiger partial charge is 0.507 e. The van der Waals surface area contributed by atoms with Crippen LogP contribution >= 0.6 is 0 Å². The van der Waals surface area contributed by atoms with Crippen molar-refractivity contribution in [2.45, 2.75) is 131 Å². The molecular weight excluding hydrogens is 536 g/mol. The number of benzene rings is 1. The molecule has 0 saturated carbocycles. The third-order valence-electron chi connectivity index (χ3n) is 10.5. The van der Waals surface area contributed by atoms with Gasteiger partial charge in [-0.15, -0.1) is 0 Å². The van der Waals surface area contributed by atoms with Gasteiger partial charge in [0, 0.05) is 56.0 Å². The topological polar surface area (TPSA) is 54.4 Å². The number of hydrogen-bond donors (Lipinski definition) is 1. The zero-order valence-electron chi connectivity index (χ0n) is 28.6. The molecule has 4 rings (SSSR count). The van der Waals surface area contributed by atoms with E-state index in [0.29, 0.717) is 5.75 Å². The fraction of sp³-hybridized carbons (Fsp3) is 0.838. The van der Waals surface area contributed by atoms with Crippen molar-refractivity contribution < 1.29 is 19.3 Å². The molecule has 43 heavy (non-hydrogen) atoms. The van der Waals surface area contributed by atoms with Gasteiger partial charge >= 0.3 is 0 Å². The lowest BCUT2D eigenvalue weighted by atomic mass is 9.83. The number of ether oxygens (including phenoxy) is 3. The summed E-state index contributed by atoms with van der Waals surface area (Å²) in [5, 5.41) is 11.7. The number of rotatable bonds is 16. The third-order valence-corrected chi connectivity index (χ3v) is 10.5. The Morgan fingerprint density at radius 3 is 1.81 bits per heavy atom. The molecule has 0 aliphatic carbocycles. The van der Waals surface area contributed by atoms with Crippen molar-refractivity contribution in [1.29, 1.82) is 0 Å². The lowest BCUT2D eigenvalue weighted by Gasteiger charge is -2.40. The summed E-state index contributed by atoms with van der Waals surface area (Å²) in [6.45, 7) is 22.3. The average molecular weight is 601 g/mol. The quantitative estimate of drug-likeness (QED) is 0.208. The minimum atomic E-state index is -0.147. The molecule has 1 aromatic carbocycles. The van der Waals surface area contributed by atoms with Crippen LogP contribution in [0.2, 0.25) is 0 Å². The first-order valence-electron chi connectivity index (χ1n) is 17.8. The second-order valence-corrected chi connectivity index (χ2v) is 14.9. The molecule has 0 spiro atoms. The Morgan fingerprint density at radius 2 is 1.26 bits per heavy atom. The van der Waals surface area contributed by atoms with Crippen molar-refractivity contribution in [2.24, 2.45) is 17.8 Å². The third kappa shape index (κ3) is 10.3. The molecule has 3 aliphatic rings. The van der Waals surface area contributed by atoms with E-state index >= 15 is 0 Å². The molecule has 1 N–H and O–H groups in total. The molecule has 2 saturated heterocycles. The molecule has 6 nitrogen and oxygen atoms in total. The van der Waals surface area contributed by atoms with Gasteiger partial charge in [0.25, 0.3) is 0 Å². The van der Waals surface area contributed by atoms with Crippen LogP contribution in [0.25, 0.3) is 0 Å². The molecular formula is C37H64N2O4. The molecule has 3 unspecified atom stereocenters. The van der Waals surface area contributed by atoms with Gasteiger partial charge in [0.15, 0.2) is 0 Å². The number of nitrogens with zero attached hydrogens (tertiary/aromatic N) is 2. The van der Waals surface area contributed by atoms with Crippen LogP contribution in [0.15, 0.2) is 0 Å². The van der Waals surface area contributed by atoms with Gasteiger partial charge in [0.05, 0.1) is 26.4 Å². The number of phenolic OH excluding ortho intramolecular Hbond substituents is 1. The van der Waals surface area contributed by atoms with Gasteiger partial charge in [-0.1, -0.05) is 72.6 Å². The summed E-state index contributed by atoms with van der Waals surface area (Å²) >= 11 is 0. The number of morpholine rings is 2. The highest BCUT2D eigenvalue weighted by atomic mass is 16.5. The van der Waals surface area contributed by atoms with Crippen molar-refractivity contribution in [1.82, 2.24) is 9.80 Å². The van der Waals surface area contributed by atoms with E-state index in [4.69, 9.17) is 14.2 Å². The fourth-order valence-electron chi connectivity index (χ4n) is 7.40. The normalized spacial score (nSPS) is 23.2. The number of aromatic hydroxyl groups is 1. The fourth-order valence-corrected chi connectivity index (χ4v) is 7.40. The smallest absolute Gasteiger partial charge is 0.127 e. The van der Waals surface area contributed by atoms with E-state index in [1.54, 1.807) is 0 Å². The minimum absolute atomic E-state index is 0.147. The van der Waals surface area contributed by atoms with Crippen LogP contribution in [0.5, 0.6) is 11.5 Å². The Labute approximate surface area is 263 Å². The summed E-state index contributed by atoms with van der Waals surface area (Å²) in [6.07, 6.45) is 13.8. The van der Waals surface area contributed by atoms with Crippen molar-refractivity contribution in [3.63, 3.8) is 0 Å². The van der Waals surface area contributed by atoms with E-state index in [1.807, 2.05) is 0 Å². The molecule has 0 amide bonds. The molecule has 0 radical (unpaired) electrons. The first-order chi connectivity index (χ1) is 20.6. The van der Waals surface area contributed by atoms with E-state index in [0.717, 1.165) is 125 Å². The molecule has 3 atom stereocenters. The van der Waals surface area contributed by atoms with E-state index in [2.05, 4.69) is 51.3 Å². The number of fused-ring (bicyclic) bond motifs is 1. The molecule has 0 bridgehead atoms. The maximum absolute atomic E-state index is 11.7. The Hall–Kier alpha value is -1.34. The van der Waals surface area contributed by atoms with Gasteiger partial charge in [0.1, 0.15) is 17.1 Å². The van der Waals surface area contributed by atoms with Crippen LogP contribution < -0.4 is 4.74 Å². The molecule has 3 aliphatic heterocycles. The van der Waals surface area contributed by atoms with Gasteiger partial charge in [0.2, 0.25) is 0 Å². The average Bonchev–Trinajstić information content (AvgIpc) is 2.98. The van der Waals surface area contributed by atoms with E-state index in [9.17, 15) is 5.11 Å². The number of hydrogen-bond acceptors (Lipinski definition) is 6. The zero-order valence-corrected chi connectivity index (χ0v) is 28.6. The monoisotopic (exact) mass is 600 g/mol. The lowest BCUT2D eigenvalue weighted by Crippen LogP contribution is -2.39. The lowest BCUT2D eigenvalue weighted by molar-refractivity contribution is 0.0309. The van der Waals surface area contributed by atoms with Gasteiger partial charge in [-0.05, 0) is 62.8 Å². The van der Waals surface area contributed by atoms with Crippen LogP contribution in [0, 0.1) is 24.7 Å². The summed E-state index contributed by atoms with van der Waals surface area (Å²) in [7, 11) is 0. The highest BCUT2D eigenvalue weighted by molar-refractivity contribution is 5.59. The van der Waals surface area contributed by atoms with Crippen molar-refractivity contribution in [2.75, 3.05) is 52.6 Å². The minimum Gasteiger partial charge on any atom is -0.507 e. The highest BCUT2D eigenvalue weighted by Crippen LogP contribution is 2.46. The molecule has 246 valence electrons. The predicted octanol–water partition coefficient (Wildman–Crippen LogP) is 7.89. The maximum atomic E-state index is 11.7. The van der Waals surface area contributed by atoms with Crippen LogP contribution in [-0.2, 0) is 29.0 Å². The van der Waals surface area contributed by atoms with Crippen molar-refractivity contribution in [3.05, 3.63) is 22.3 Å². The molecule has 6 heteroatoms. The standard InChI is InChI=1S/C37H64N2O4/c1-28(2)10-7-11-29(3)12-8-13-30(4)14-9-16-37(6)17-15-32-34(27-39-20-24-42-25-21-39)35(40)33(31(5)36(32)43-37)26-38-18-22-41-23-19-38/h28-30,40H,7-27H2,1-6H3. The molecule has 3 heterocycles. The van der Waals surface area contributed by atoms with Gasteiger partial charge < -0.3 is 19.3 Å². The molecule has 0 aromatic heterocycles. The zero-order chi connectivity index (χ0) is 30.8.